The van der Waals surface area contributed by atoms with Gasteiger partial charge in [0.2, 0.25) is 11.8 Å². The van der Waals surface area contributed by atoms with Crippen LogP contribution in [0.4, 0.5) is 0 Å². The Kier molecular flexibility index (Phi) is 4.68. The van der Waals surface area contributed by atoms with E-state index in [1.807, 2.05) is 6.92 Å². The molecule has 1 unspecified atom stereocenters. The number of hydrogen-bond acceptors (Lipinski definition) is 3. The third kappa shape index (κ3) is 3.51. The molecule has 2 amide bonds. The van der Waals surface area contributed by atoms with Crippen molar-refractivity contribution in [1.29, 1.82) is 0 Å². The van der Waals surface area contributed by atoms with E-state index in [2.05, 4.69) is 5.32 Å². The van der Waals surface area contributed by atoms with Crippen LogP contribution in [0, 0.1) is 0 Å². The molecule has 1 aliphatic carbocycles. The van der Waals surface area contributed by atoms with Gasteiger partial charge in [0.05, 0.1) is 5.60 Å². The highest BCUT2D eigenvalue weighted by molar-refractivity contribution is 5.88. The van der Waals surface area contributed by atoms with E-state index >= 15 is 0 Å². The highest BCUT2D eigenvalue weighted by Crippen LogP contribution is 2.31. The Balaban J connectivity index is 1.90. The first-order chi connectivity index (χ1) is 9.43. The monoisotopic (exact) mass is 282 g/mol. The average Bonchev–Trinajstić information content (AvgIpc) is 2.37. The topological polar surface area (TPSA) is 69.6 Å². The second kappa shape index (κ2) is 6.12. The fraction of sp³-hybridized carbons (Fsp3) is 0.867. The molecule has 0 bridgehead atoms. The van der Waals surface area contributed by atoms with Crippen molar-refractivity contribution in [1.82, 2.24) is 10.2 Å². The molecule has 114 valence electrons. The standard InChI is InChI=1S/C15H26N2O3/c1-3-6-13(18)17-8-5-4-7-12(17)14(19)16-11-9-15(2,20)10-11/h11-12,20H,3-10H2,1-2H3,(H,16,19). The lowest BCUT2D eigenvalue weighted by molar-refractivity contribution is -0.144. The van der Waals surface area contributed by atoms with Gasteiger partial charge in [-0.2, -0.15) is 0 Å². The van der Waals surface area contributed by atoms with Crippen LogP contribution in [-0.2, 0) is 9.59 Å². The summed E-state index contributed by atoms with van der Waals surface area (Å²) in [5.41, 5.74) is -0.637. The summed E-state index contributed by atoms with van der Waals surface area (Å²) in [4.78, 5) is 26.2. The van der Waals surface area contributed by atoms with E-state index < -0.39 is 5.60 Å². The van der Waals surface area contributed by atoms with E-state index in [0.717, 1.165) is 25.7 Å². The molecule has 0 aromatic rings. The molecule has 0 spiro atoms. The summed E-state index contributed by atoms with van der Waals surface area (Å²) in [6, 6.07) is -0.254. The molecule has 0 radical (unpaired) electrons. The summed E-state index contributed by atoms with van der Waals surface area (Å²) in [6.07, 6.45) is 5.28. The minimum atomic E-state index is -0.637. The van der Waals surface area contributed by atoms with Gasteiger partial charge < -0.3 is 15.3 Å². The van der Waals surface area contributed by atoms with E-state index in [0.29, 0.717) is 25.8 Å². The number of nitrogens with zero attached hydrogens (tertiary/aromatic N) is 1. The van der Waals surface area contributed by atoms with Crippen molar-refractivity contribution in [3.05, 3.63) is 0 Å². The maximum absolute atomic E-state index is 12.3. The van der Waals surface area contributed by atoms with Crippen LogP contribution in [0.2, 0.25) is 0 Å². The number of amides is 2. The molecule has 1 heterocycles. The molecule has 0 aromatic heterocycles. The van der Waals surface area contributed by atoms with E-state index in [9.17, 15) is 14.7 Å². The van der Waals surface area contributed by atoms with Crippen LogP contribution in [0.5, 0.6) is 0 Å². The van der Waals surface area contributed by atoms with Crippen LogP contribution >= 0.6 is 0 Å². The second-order valence-corrected chi connectivity index (χ2v) is 6.46. The van der Waals surface area contributed by atoms with Crippen molar-refractivity contribution < 1.29 is 14.7 Å². The molecule has 2 aliphatic rings. The van der Waals surface area contributed by atoms with Gasteiger partial charge in [-0.15, -0.1) is 0 Å². The lowest BCUT2D eigenvalue weighted by Gasteiger charge is -2.43. The molecular formula is C15H26N2O3. The quantitative estimate of drug-likeness (QED) is 0.814. The van der Waals surface area contributed by atoms with Crippen LogP contribution in [0.25, 0.3) is 0 Å². The van der Waals surface area contributed by atoms with Crippen LogP contribution in [0.1, 0.15) is 58.8 Å². The number of hydrogen-bond donors (Lipinski definition) is 2. The minimum Gasteiger partial charge on any atom is -0.390 e. The SMILES string of the molecule is CCCC(=O)N1CCCCC1C(=O)NC1CC(C)(O)C1. The number of rotatable bonds is 4. The number of aliphatic hydroxyl groups is 1. The summed E-state index contributed by atoms with van der Waals surface area (Å²) in [7, 11) is 0. The molecule has 2 N–H and O–H groups in total. The predicted octanol–water partition coefficient (Wildman–Crippen LogP) is 1.20. The zero-order valence-corrected chi connectivity index (χ0v) is 12.5. The zero-order chi connectivity index (χ0) is 14.8. The van der Waals surface area contributed by atoms with E-state index in [-0.39, 0.29) is 23.9 Å². The second-order valence-electron chi connectivity index (χ2n) is 6.46. The van der Waals surface area contributed by atoms with Crippen LogP contribution in [0.15, 0.2) is 0 Å². The molecule has 2 rings (SSSR count). The van der Waals surface area contributed by atoms with Crippen molar-refractivity contribution in [3.8, 4) is 0 Å². The average molecular weight is 282 g/mol. The highest BCUT2D eigenvalue weighted by Gasteiger charge is 2.41. The fourth-order valence-electron chi connectivity index (χ4n) is 3.26. The first-order valence-electron chi connectivity index (χ1n) is 7.75. The summed E-state index contributed by atoms with van der Waals surface area (Å²) in [5, 5.41) is 12.7. The molecular weight excluding hydrogens is 256 g/mol. The molecule has 1 saturated carbocycles. The largest absolute Gasteiger partial charge is 0.390 e. The van der Waals surface area contributed by atoms with Gasteiger partial charge >= 0.3 is 0 Å². The van der Waals surface area contributed by atoms with Gasteiger partial charge in [0.15, 0.2) is 0 Å². The number of carbonyl (C=O) groups is 2. The first kappa shape index (κ1) is 15.3. The Morgan fingerprint density at radius 1 is 1.35 bits per heavy atom. The minimum absolute atomic E-state index is 0.0466. The molecule has 1 atom stereocenters. The summed E-state index contributed by atoms with van der Waals surface area (Å²) < 4.78 is 0. The molecule has 0 aromatic carbocycles. The Morgan fingerprint density at radius 3 is 2.65 bits per heavy atom. The summed E-state index contributed by atoms with van der Waals surface area (Å²) >= 11 is 0. The Morgan fingerprint density at radius 2 is 2.05 bits per heavy atom. The smallest absolute Gasteiger partial charge is 0.243 e. The molecule has 20 heavy (non-hydrogen) atoms. The lowest BCUT2D eigenvalue weighted by Crippen LogP contribution is -2.58. The molecule has 5 nitrogen and oxygen atoms in total. The highest BCUT2D eigenvalue weighted by atomic mass is 16.3. The third-order valence-corrected chi connectivity index (χ3v) is 4.31. The van der Waals surface area contributed by atoms with Gasteiger partial charge in [0.1, 0.15) is 6.04 Å². The van der Waals surface area contributed by atoms with Crippen molar-refractivity contribution >= 4 is 11.8 Å². The number of nitrogens with one attached hydrogen (secondary N) is 1. The summed E-state index contributed by atoms with van der Waals surface area (Å²) in [5.74, 6) is 0.0441. The Labute approximate surface area is 120 Å². The molecule has 5 heteroatoms. The van der Waals surface area contributed by atoms with Gasteiger partial charge in [0.25, 0.3) is 0 Å². The lowest BCUT2D eigenvalue weighted by atomic mass is 9.77. The van der Waals surface area contributed by atoms with Crippen molar-refractivity contribution in [2.24, 2.45) is 0 Å². The van der Waals surface area contributed by atoms with Gasteiger partial charge in [-0.25, -0.2) is 0 Å². The maximum Gasteiger partial charge on any atom is 0.243 e. The normalized spacial score (nSPS) is 33.5. The molecule has 1 saturated heterocycles. The number of carbonyl (C=O) groups excluding carboxylic acids is 2. The van der Waals surface area contributed by atoms with Crippen LogP contribution < -0.4 is 5.32 Å². The fourth-order valence-corrected chi connectivity index (χ4v) is 3.26. The zero-order valence-electron chi connectivity index (χ0n) is 12.5. The Hall–Kier alpha value is -1.10. The molecule has 1 aliphatic heterocycles. The Bertz CT molecular complexity index is 373. The first-order valence-corrected chi connectivity index (χ1v) is 7.75. The maximum atomic E-state index is 12.3. The van der Waals surface area contributed by atoms with E-state index in [1.165, 1.54) is 0 Å². The van der Waals surface area contributed by atoms with Crippen molar-refractivity contribution in [2.75, 3.05) is 6.54 Å². The van der Waals surface area contributed by atoms with Gasteiger partial charge in [-0.05, 0) is 45.4 Å². The van der Waals surface area contributed by atoms with Crippen molar-refractivity contribution in [3.63, 3.8) is 0 Å². The van der Waals surface area contributed by atoms with E-state index in [4.69, 9.17) is 0 Å². The summed E-state index contributed by atoms with van der Waals surface area (Å²) in [6.45, 7) is 4.46. The van der Waals surface area contributed by atoms with Crippen LogP contribution in [-0.4, -0.2) is 46.1 Å². The van der Waals surface area contributed by atoms with Gasteiger partial charge in [0, 0.05) is 19.0 Å². The number of piperidine rings is 1. The number of likely N-dealkylation sites (tertiary alicyclic amines) is 1. The third-order valence-electron chi connectivity index (χ3n) is 4.31. The van der Waals surface area contributed by atoms with Crippen LogP contribution in [0.3, 0.4) is 0 Å². The predicted molar refractivity (Wildman–Crippen MR) is 76.0 cm³/mol. The van der Waals surface area contributed by atoms with Crippen molar-refractivity contribution in [2.45, 2.75) is 76.5 Å². The van der Waals surface area contributed by atoms with Gasteiger partial charge in [-0.1, -0.05) is 6.92 Å². The molecule has 2 fully saturated rings. The van der Waals surface area contributed by atoms with E-state index in [1.54, 1.807) is 11.8 Å². The van der Waals surface area contributed by atoms with Gasteiger partial charge in [-0.3, -0.25) is 9.59 Å².